The second-order valence-electron chi connectivity index (χ2n) is 8.86. The van der Waals surface area contributed by atoms with Gasteiger partial charge in [0.15, 0.2) is 0 Å². The van der Waals surface area contributed by atoms with E-state index in [1.165, 1.54) is 38.5 Å². The van der Waals surface area contributed by atoms with Crippen molar-refractivity contribution in [2.45, 2.75) is 89.6 Å². The van der Waals surface area contributed by atoms with Crippen LogP contribution >= 0.6 is 0 Å². The average molecular weight is 378 g/mol. The third-order valence-electron chi connectivity index (χ3n) is 7.31. The highest BCUT2D eigenvalue weighted by atomic mass is 16.2. The maximum absolute atomic E-state index is 12.8. The van der Waals surface area contributed by atoms with Crippen molar-refractivity contribution in [3.63, 3.8) is 0 Å². The maximum Gasteiger partial charge on any atom is 0.223 e. The van der Waals surface area contributed by atoms with E-state index in [1.54, 1.807) is 0 Å². The second-order valence-corrected chi connectivity index (χ2v) is 8.86. The first-order chi connectivity index (χ1) is 13.1. The van der Waals surface area contributed by atoms with Gasteiger partial charge in [0.2, 0.25) is 11.8 Å². The zero-order chi connectivity index (χ0) is 19.2. The predicted octanol–water partition coefficient (Wildman–Crippen LogP) is 3.28. The van der Waals surface area contributed by atoms with Crippen LogP contribution in [-0.4, -0.2) is 71.8 Å². The molecule has 0 radical (unpaired) electrons. The summed E-state index contributed by atoms with van der Waals surface area (Å²) in [5, 5.41) is 0. The summed E-state index contributed by atoms with van der Waals surface area (Å²) in [6, 6.07) is 0.793. The molecule has 1 aliphatic carbocycles. The molecule has 154 valence electrons. The normalized spacial score (nSPS) is 25.7. The summed E-state index contributed by atoms with van der Waals surface area (Å²) >= 11 is 0. The van der Waals surface area contributed by atoms with Gasteiger partial charge in [-0.05, 0) is 51.0 Å². The van der Waals surface area contributed by atoms with Gasteiger partial charge in [0.1, 0.15) is 0 Å². The van der Waals surface area contributed by atoms with Crippen LogP contribution in [0.5, 0.6) is 0 Å². The Morgan fingerprint density at radius 3 is 2.26 bits per heavy atom. The standard InChI is InChI=1S/C22H39N3O2/c1-3-24-16-13-19(14-17-24)23(2)21(26)11-12-22(27)25-15-7-10-20(25)18-8-5-4-6-9-18/h18-20H,3-17H2,1-2H3/t20-/m0/s1. The monoisotopic (exact) mass is 377 g/mol. The minimum Gasteiger partial charge on any atom is -0.343 e. The number of amides is 2. The first-order valence-corrected chi connectivity index (χ1v) is 11.4. The Morgan fingerprint density at radius 1 is 0.889 bits per heavy atom. The highest BCUT2D eigenvalue weighted by molar-refractivity contribution is 5.84. The summed E-state index contributed by atoms with van der Waals surface area (Å²) in [6.45, 7) is 6.35. The van der Waals surface area contributed by atoms with Crippen molar-refractivity contribution < 1.29 is 9.59 Å². The number of piperidine rings is 1. The molecule has 0 unspecified atom stereocenters. The summed E-state index contributed by atoms with van der Waals surface area (Å²) in [4.78, 5) is 32.0. The molecule has 2 aliphatic heterocycles. The molecule has 2 saturated heterocycles. The Kier molecular flexibility index (Phi) is 7.57. The molecule has 1 saturated carbocycles. The van der Waals surface area contributed by atoms with Gasteiger partial charge in [-0.3, -0.25) is 9.59 Å². The molecule has 2 heterocycles. The largest absolute Gasteiger partial charge is 0.343 e. The Hall–Kier alpha value is -1.10. The summed E-state index contributed by atoms with van der Waals surface area (Å²) in [5.74, 6) is 1.06. The average Bonchev–Trinajstić information content (AvgIpc) is 3.22. The summed E-state index contributed by atoms with van der Waals surface area (Å²) < 4.78 is 0. The molecule has 2 amide bonds. The van der Waals surface area contributed by atoms with Crippen LogP contribution in [0.3, 0.4) is 0 Å². The van der Waals surface area contributed by atoms with Gasteiger partial charge in [-0.2, -0.15) is 0 Å². The van der Waals surface area contributed by atoms with E-state index in [2.05, 4.69) is 16.7 Å². The van der Waals surface area contributed by atoms with E-state index in [-0.39, 0.29) is 11.8 Å². The number of carbonyl (C=O) groups is 2. The lowest BCUT2D eigenvalue weighted by molar-refractivity contribution is -0.139. The van der Waals surface area contributed by atoms with Crippen LogP contribution in [0.2, 0.25) is 0 Å². The van der Waals surface area contributed by atoms with Gasteiger partial charge in [-0.15, -0.1) is 0 Å². The van der Waals surface area contributed by atoms with Gasteiger partial charge in [0, 0.05) is 51.6 Å². The number of nitrogens with zero attached hydrogens (tertiary/aromatic N) is 3. The van der Waals surface area contributed by atoms with Gasteiger partial charge >= 0.3 is 0 Å². The predicted molar refractivity (Wildman–Crippen MR) is 108 cm³/mol. The van der Waals surface area contributed by atoms with E-state index in [1.807, 2.05) is 11.9 Å². The second kappa shape index (κ2) is 9.90. The van der Waals surface area contributed by atoms with Crippen LogP contribution in [0.4, 0.5) is 0 Å². The van der Waals surface area contributed by atoms with E-state index in [0.717, 1.165) is 45.4 Å². The van der Waals surface area contributed by atoms with E-state index in [4.69, 9.17) is 0 Å². The first kappa shape index (κ1) is 20.6. The lowest BCUT2D eigenvalue weighted by atomic mass is 9.83. The molecule has 3 fully saturated rings. The van der Waals surface area contributed by atoms with Gasteiger partial charge in [-0.1, -0.05) is 26.2 Å². The van der Waals surface area contributed by atoms with Crippen LogP contribution in [0, 0.1) is 5.92 Å². The third kappa shape index (κ3) is 5.24. The van der Waals surface area contributed by atoms with Gasteiger partial charge < -0.3 is 14.7 Å². The number of carbonyl (C=O) groups excluding carboxylic acids is 2. The molecule has 5 nitrogen and oxygen atoms in total. The Balaban J connectivity index is 1.44. The fraction of sp³-hybridized carbons (Fsp3) is 0.909. The quantitative estimate of drug-likeness (QED) is 0.713. The Bertz CT molecular complexity index is 496. The van der Waals surface area contributed by atoms with Crippen molar-refractivity contribution in [2.75, 3.05) is 33.2 Å². The van der Waals surface area contributed by atoms with Crippen molar-refractivity contribution in [3.05, 3.63) is 0 Å². The minimum atomic E-state index is 0.145. The smallest absolute Gasteiger partial charge is 0.223 e. The van der Waals surface area contributed by atoms with Crippen LogP contribution in [0.15, 0.2) is 0 Å². The fourth-order valence-corrected chi connectivity index (χ4v) is 5.47. The summed E-state index contributed by atoms with van der Waals surface area (Å²) in [6.07, 6.45) is 11.7. The number of hydrogen-bond donors (Lipinski definition) is 0. The zero-order valence-electron chi connectivity index (χ0n) is 17.5. The van der Waals surface area contributed by atoms with E-state index < -0.39 is 0 Å². The topological polar surface area (TPSA) is 43.9 Å². The van der Waals surface area contributed by atoms with Crippen LogP contribution in [0.1, 0.15) is 77.6 Å². The molecular formula is C22H39N3O2. The number of likely N-dealkylation sites (tertiary alicyclic amines) is 2. The van der Waals surface area contributed by atoms with Crippen molar-refractivity contribution in [1.82, 2.24) is 14.7 Å². The molecule has 1 atom stereocenters. The van der Waals surface area contributed by atoms with E-state index >= 15 is 0 Å². The lowest BCUT2D eigenvalue weighted by Gasteiger charge is -2.36. The van der Waals surface area contributed by atoms with Crippen molar-refractivity contribution >= 4 is 11.8 Å². The van der Waals surface area contributed by atoms with Gasteiger partial charge in [-0.25, -0.2) is 0 Å². The molecule has 0 N–H and O–H groups in total. The van der Waals surface area contributed by atoms with Crippen molar-refractivity contribution in [1.29, 1.82) is 0 Å². The van der Waals surface area contributed by atoms with E-state index in [0.29, 0.717) is 30.8 Å². The molecule has 0 aromatic heterocycles. The highest BCUT2D eigenvalue weighted by Crippen LogP contribution is 2.34. The summed E-state index contributed by atoms with van der Waals surface area (Å²) in [5.41, 5.74) is 0. The third-order valence-corrected chi connectivity index (χ3v) is 7.31. The number of rotatable bonds is 6. The molecule has 0 bridgehead atoms. The van der Waals surface area contributed by atoms with E-state index in [9.17, 15) is 9.59 Å². The number of hydrogen-bond acceptors (Lipinski definition) is 3. The van der Waals surface area contributed by atoms with Crippen molar-refractivity contribution in [3.8, 4) is 0 Å². The molecule has 5 heteroatoms. The molecular weight excluding hydrogens is 338 g/mol. The zero-order valence-corrected chi connectivity index (χ0v) is 17.5. The first-order valence-electron chi connectivity index (χ1n) is 11.4. The fourth-order valence-electron chi connectivity index (χ4n) is 5.47. The molecule has 27 heavy (non-hydrogen) atoms. The van der Waals surface area contributed by atoms with Gasteiger partial charge in [0.05, 0.1) is 0 Å². The van der Waals surface area contributed by atoms with Crippen LogP contribution < -0.4 is 0 Å². The Morgan fingerprint density at radius 2 is 1.59 bits per heavy atom. The molecule has 0 aromatic rings. The van der Waals surface area contributed by atoms with Crippen LogP contribution in [-0.2, 0) is 9.59 Å². The SMILES string of the molecule is CCN1CCC(N(C)C(=O)CCC(=O)N2CCC[C@H]2C2CCCCC2)CC1. The molecule has 3 aliphatic rings. The maximum atomic E-state index is 12.8. The summed E-state index contributed by atoms with van der Waals surface area (Å²) in [7, 11) is 1.93. The highest BCUT2D eigenvalue weighted by Gasteiger charge is 2.35. The lowest BCUT2D eigenvalue weighted by Crippen LogP contribution is -2.46. The molecule has 0 aromatic carbocycles. The minimum absolute atomic E-state index is 0.145. The Labute approximate surface area is 165 Å². The van der Waals surface area contributed by atoms with Gasteiger partial charge in [0.25, 0.3) is 0 Å². The molecule has 3 rings (SSSR count). The molecule has 0 spiro atoms. The van der Waals surface area contributed by atoms with Crippen LogP contribution in [0.25, 0.3) is 0 Å². The van der Waals surface area contributed by atoms with Crippen molar-refractivity contribution in [2.24, 2.45) is 5.92 Å².